The molecule has 1 aromatic heterocycles. The monoisotopic (exact) mass is 126 g/mol. The Labute approximate surface area is 52.7 Å². The van der Waals surface area contributed by atoms with Crippen molar-refractivity contribution < 1.29 is 4.39 Å². The predicted molar refractivity (Wildman–Crippen MR) is 33.7 cm³/mol. The van der Waals surface area contributed by atoms with Gasteiger partial charge in [0.25, 0.3) is 0 Å². The Morgan fingerprint density at radius 1 is 1.67 bits per heavy atom. The van der Waals surface area contributed by atoms with E-state index in [4.69, 9.17) is 0 Å². The van der Waals surface area contributed by atoms with E-state index >= 15 is 0 Å². The van der Waals surface area contributed by atoms with Gasteiger partial charge in [-0.2, -0.15) is 4.39 Å². The van der Waals surface area contributed by atoms with E-state index in [9.17, 15) is 4.39 Å². The number of hydrogen-bond donors (Lipinski definition) is 1. The third kappa shape index (κ3) is 1.38. The summed E-state index contributed by atoms with van der Waals surface area (Å²) >= 11 is 0. The average Bonchev–Trinajstić information content (AvgIpc) is 1.88. The van der Waals surface area contributed by atoms with Gasteiger partial charge in [0.2, 0.25) is 5.95 Å². The molecule has 0 unspecified atom stereocenters. The fraction of sp³-hybridized carbons (Fsp3) is 0.167. The van der Waals surface area contributed by atoms with Crippen LogP contribution in [0.15, 0.2) is 18.3 Å². The lowest BCUT2D eigenvalue weighted by atomic mass is 10.4. The molecule has 0 bridgehead atoms. The van der Waals surface area contributed by atoms with Crippen molar-refractivity contribution in [1.82, 2.24) is 4.98 Å². The number of anilines is 1. The average molecular weight is 126 g/mol. The molecule has 0 amide bonds. The molecule has 0 fully saturated rings. The first kappa shape index (κ1) is 6.01. The van der Waals surface area contributed by atoms with E-state index < -0.39 is 5.95 Å². The summed E-state index contributed by atoms with van der Waals surface area (Å²) in [5.74, 6) is -0.457. The summed E-state index contributed by atoms with van der Waals surface area (Å²) < 4.78 is 12.2. The lowest BCUT2D eigenvalue weighted by Gasteiger charge is -1.95. The zero-order chi connectivity index (χ0) is 6.69. The molecule has 1 N–H and O–H groups in total. The maximum absolute atomic E-state index is 12.2. The highest BCUT2D eigenvalue weighted by Gasteiger charge is 1.89. The van der Waals surface area contributed by atoms with Gasteiger partial charge >= 0.3 is 0 Å². The first-order valence-electron chi connectivity index (χ1n) is 2.62. The van der Waals surface area contributed by atoms with Gasteiger partial charge in [0, 0.05) is 25.0 Å². The van der Waals surface area contributed by atoms with Gasteiger partial charge in [-0.05, 0) is 6.07 Å². The molecule has 1 aromatic rings. The summed E-state index contributed by atoms with van der Waals surface area (Å²) in [7, 11) is 1.73. The Balaban J connectivity index is 2.94. The highest BCUT2D eigenvalue weighted by atomic mass is 19.1. The maximum Gasteiger partial charge on any atom is 0.214 e. The molecule has 0 spiro atoms. The first-order valence-corrected chi connectivity index (χ1v) is 2.62. The molecule has 2 nitrogen and oxygen atoms in total. The predicted octanol–water partition coefficient (Wildman–Crippen LogP) is 1.26. The number of pyridine rings is 1. The largest absolute Gasteiger partial charge is 0.388 e. The molecule has 0 saturated carbocycles. The molecule has 0 aliphatic heterocycles. The van der Waals surface area contributed by atoms with Gasteiger partial charge in [-0.3, -0.25) is 0 Å². The second-order valence-corrected chi connectivity index (χ2v) is 1.62. The molecule has 3 heteroatoms. The molecule has 48 valence electrons. The van der Waals surface area contributed by atoms with Crippen LogP contribution in [0.2, 0.25) is 0 Å². The van der Waals surface area contributed by atoms with E-state index in [1.165, 1.54) is 12.3 Å². The second-order valence-electron chi connectivity index (χ2n) is 1.62. The van der Waals surface area contributed by atoms with Crippen molar-refractivity contribution in [1.29, 1.82) is 0 Å². The molecule has 0 aromatic carbocycles. The van der Waals surface area contributed by atoms with Crippen LogP contribution in [0.4, 0.5) is 10.1 Å². The van der Waals surface area contributed by atoms with Gasteiger partial charge in [-0.25, -0.2) is 4.98 Å². The third-order valence-corrected chi connectivity index (χ3v) is 1.02. The van der Waals surface area contributed by atoms with Crippen molar-refractivity contribution in [2.45, 2.75) is 0 Å². The number of aromatic nitrogens is 1. The molecule has 0 atom stereocenters. The Morgan fingerprint density at radius 3 is 2.89 bits per heavy atom. The smallest absolute Gasteiger partial charge is 0.214 e. The molecule has 0 saturated heterocycles. The van der Waals surface area contributed by atoms with E-state index in [0.29, 0.717) is 0 Å². The minimum Gasteiger partial charge on any atom is -0.388 e. The standard InChI is InChI=1S/C6H7FN2/c1-8-5-2-3-9-6(7)4-5/h2-4H,1H3,(H,8,9). The van der Waals surface area contributed by atoms with E-state index in [2.05, 4.69) is 10.3 Å². The fourth-order valence-electron chi connectivity index (χ4n) is 0.558. The van der Waals surface area contributed by atoms with Gasteiger partial charge in [-0.1, -0.05) is 0 Å². The van der Waals surface area contributed by atoms with Crippen LogP contribution in [0.5, 0.6) is 0 Å². The highest BCUT2D eigenvalue weighted by molar-refractivity contribution is 5.39. The molecule has 1 rings (SSSR count). The van der Waals surface area contributed by atoms with Gasteiger partial charge in [0.15, 0.2) is 0 Å². The Morgan fingerprint density at radius 2 is 2.44 bits per heavy atom. The highest BCUT2D eigenvalue weighted by Crippen LogP contribution is 2.03. The molecular formula is C6H7FN2. The lowest BCUT2D eigenvalue weighted by molar-refractivity contribution is 0.584. The van der Waals surface area contributed by atoms with Crippen LogP contribution in [0, 0.1) is 5.95 Å². The van der Waals surface area contributed by atoms with Gasteiger partial charge < -0.3 is 5.32 Å². The Bertz CT molecular complexity index is 200. The number of nitrogens with zero attached hydrogens (tertiary/aromatic N) is 1. The molecule has 0 radical (unpaired) electrons. The van der Waals surface area contributed by atoms with Crippen molar-refractivity contribution in [3.05, 3.63) is 24.3 Å². The van der Waals surface area contributed by atoms with E-state index in [1.807, 2.05) is 0 Å². The zero-order valence-electron chi connectivity index (χ0n) is 5.06. The molecular weight excluding hydrogens is 119 g/mol. The van der Waals surface area contributed by atoms with E-state index in [1.54, 1.807) is 13.1 Å². The minimum atomic E-state index is -0.457. The van der Waals surface area contributed by atoms with Crippen molar-refractivity contribution >= 4 is 5.69 Å². The normalized spacial score (nSPS) is 9.11. The summed E-state index contributed by atoms with van der Waals surface area (Å²) in [5.41, 5.74) is 0.738. The van der Waals surface area contributed by atoms with E-state index in [-0.39, 0.29) is 0 Å². The Kier molecular flexibility index (Phi) is 1.63. The van der Waals surface area contributed by atoms with Crippen LogP contribution in [-0.4, -0.2) is 12.0 Å². The topological polar surface area (TPSA) is 24.9 Å². The third-order valence-electron chi connectivity index (χ3n) is 1.02. The minimum absolute atomic E-state index is 0.457. The second kappa shape index (κ2) is 2.44. The fourth-order valence-corrected chi connectivity index (χ4v) is 0.558. The van der Waals surface area contributed by atoms with Gasteiger partial charge in [-0.15, -0.1) is 0 Å². The summed E-state index contributed by atoms with van der Waals surface area (Å²) in [6, 6.07) is 3.03. The van der Waals surface area contributed by atoms with Crippen LogP contribution in [0.3, 0.4) is 0 Å². The van der Waals surface area contributed by atoms with Crippen LogP contribution in [0.25, 0.3) is 0 Å². The zero-order valence-corrected chi connectivity index (χ0v) is 5.06. The SMILES string of the molecule is CNc1ccnc(F)c1. The molecule has 0 aliphatic carbocycles. The van der Waals surface area contributed by atoms with Crippen molar-refractivity contribution in [3.8, 4) is 0 Å². The van der Waals surface area contributed by atoms with Gasteiger partial charge in [0.1, 0.15) is 0 Å². The number of nitrogens with one attached hydrogen (secondary N) is 1. The maximum atomic E-state index is 12.2. The van der Waals surface area contributed by atoms with E-state index in [0.717, 1.165) is 5.69 Å². The van der Waals surface area contributed by atoms with Crippen molar-refractivity contribution in [2.75, 3.05) is 12.4 Å². The number of hydrogen-bond acceptors (Lipinski definition) is 2. The molecule has 0 aliphatic rings. The summed E-state index contributed by atoms with van der Waals surface area (Å²) in [6.45, 7) is 0. The molecule has 9 heavy (non-hydrogen) atoms. The van der Waals surface area contributed by atoms with Crippen molar-refractivity contribution in [2.24, 2.45) is 0 Å². The van der Waals surface area contributed by atoms with Crippen LogP contribution in [-0.2, 0) is 0 Å². The lowest BCUT2D eigenvalue weighted by Crippen LogP contribution is -1.89. The van der Waals surface area contributed by atoms with Gasteiger partial charge in [0.05, 0.1) is 0 Å². The van der Waals surface area contributed by atoms with Crippen LogP contribution < -0.4 is 5.32 Å². The summed E-state index contributed by atoms with van der Waals surface area (Å²) in [6.07, 6.45) is 1.42. The number of halogens is 1. The quantitative estimate of drug-likeness (QED) is 0.573. The Hall–Kier alpha value is -1.12. The van der Waals surface area contributed by atoms with Crippen LogP contribution >= 0.6 is 0 Å². The summed E-state index contributed by atoms with van der Waals surface area (Å²) in [5, 5.41) is 2.79. The summed E-state index contributed by atoms with van der Waals surface area (Å²) in [4.78, 5) is 3.38. The van der Waals surface area contributed by atoms with Crippen LogP contribution in [0.1, 0.15) is 0 Å². The molecule has 1 heterocycles. The van der Waals surface area contributed by atoms with Crippen molar-refractivity contribution in [3.63, 3.8) is 0 Å². The number of rotatable bonds is 1. The first-order chi connectivity index (χ1) is 4.33.